The molecule has 4 rings (SSSR count). The monoisotopic (exact) mass is 489 g/mol. The number of aryl methyl sites for hydroxylation is 1. The highest BCUT2D eigenvalue weighted by Gasteiger charge is 2.17. The Morgan fingerprint density at radius 3 is 2.67 bits per heavy atom. The second kappa shape index (κ2) is 10.6. The van der Waals surface area contributed by atoms with Gasteiger partial charge in [0.15, 0.2) is 6.61 Å². The number of esters is 1. The van der Waals surface area contributed by atoms with Gasteiger partial charge in [0, 0.05) is 12.6 Å². The molecule has 0 fully saturated rings. The standard InChI is InChI=1S/C25H23N5O6/c1-14-7-16(3-5-17(14)25(34)35-2)11-26-24(33)19-10-21(28-13-27-19)30-22(31)9-15-4-6-20-18(8-15)29-23(32)12-36-20/h3-8,10,13H,9,11-12H2,1-2H3,(H,26,33)(H,29,32)(H,27,28,30,31). The molecule has 0 atom stereocenters. The van der Waals surface area contributed by atoms with Crippen LogP contribution in [0, 0.1) is 6.92 Å². The number of fused-ring (bicyclic) bond motifs is 1. The average Bonchev–Trinajstić information content (AvgIpc) is 2.86. The molecular formula is C25H23N5O6. The third kappa shape index (κ3) is 5.81. The normalized spacial score (nSPS) is 12.0. The Kier molecular flexibility index (Phi) is 7.19. The SMILES string of the molecule is COC(=O)c1ccc(CNC(=O)c2cc(NC(=O)Cc3ccc4c(c3)NC(=O)CO4)ncn2)cc1C. The van der Waals surface area contributed by atoms with Gasteiger partial charge in [-0.3, -0.25) is 14.4 Å². The van der Waals surface area contributed by atoms with Crippen molar-refractivity contribution in [3.63, 3.8) is 0 Å². The molecule has 0 radical (unpaired) electrons. The number of anilines is 2. The first-order chi connectivity index (χ1) is 17.3. The van der Waals surface area contributed by atoms with Gasteiger partial charge in [-0.25, -0.2) is 14.8 Å². The first kappa shape index (κ1) is 24.3. The van der Waals surface area contributed by atoms with Crippen LogP contribution < -0.4 is 20.7 Å². The lowest BCUT2D eigenvalue weighted by Gasteiger charge is -2.18. The van der Waals surface area contributed by atoms with Gasteiger partial charge in [0.25, 0.3) is 11.8 Å². The van der Waals surface area contributed by atoms with Crippen molar-refractivity contribution >= 4 is 35.2 Å². The third-order valence-electron chi connectivity index (χ3n) is 5.36. The zero-order valence-corrected chi connectivity index (χ0v) is 19.6. The van der Waals surface area contributed by atoms with Crippen LogP contribution in [0.1, 0.15) is 37.5 Å². The second-order valence-electron chi connectivity index (χ2n) is 8.00. The number of carbonyl (C=O) groups is 4. The minimum Gasteiger partial charge on any atom is -0.482 e. The number of amides is 3. The Morgan fingerprint density at radius 2 is 1.89 bits per heavy atom. The zero-order chi connectivity index (χ0) is 25.7. The number of aromatic nitrogens is 2. The van der Waals surface area contributed by atoms with Crippen LogP contribution in [0.3, 0.4) is 0 Å². The molecule has 11 nitrogen and oxygen atoms in total. The Morgan fingerprint density at radius 1 is 1.08 bits per heavy atom. The smallest absolute Gasteiger partial charge is 0.338 e. The number of methoxy groups -OCH3 is 1. The Balaban J connectivity index is 1.35. The molecule has 184 valence electrons. The molecule has 2 aromatic carbocycles. The largest absolute Gasteiger partial charge is 0.482 e. The summed E-state index contributed by atoms with van der Waals surface area (Å²) in [5.74, 6) is -0.777. The van der Waals surface area contributed by atoms with Crippen molar-refractivity contribution in [2.45, 2.75) is 19.9 Å². The van der Waals surface area contributed by atoms with E-state index in [0.717, 1.165) is 11.1 Å². The van der Waals surface area contributed by atoms with Crippen LogP contribution in [0.25, 0.3) is 0 Å². The fourth-order valence-corrected chi connectivity index (χ4v) is 3.61. The van der Waals surface area contributed by atoms with Crippen LogP contribution in [0.5, 0.6) is 5.75 Å². The summed E-state index contributed by atoms with van der Waals surface area (Å²) >= 11 is 0. The summed E-state index contributed by atoms with van der Waals surface area (Å²) in [6.45, 7) is 1.95. The zero-order valence-electron chi connectivity index (χ0n) is 19.6. The van der Waals surface area contributed by atoms with Crippen molar-refractivity contribution in [3.8, 4) is 5.75 Å². The van der Waals surface area contributed by atoms with E-state index in [4.69, 9.17) is 9.47 Å². The van der Waals surface area contributed by atoms with Crippen molar-refractivity contribution in [2.75, 3.05) is 24.4 Å². The molecule has 1 aliphatic rings. The van der Waals surface area contributed by atoms with Gasteiger partial charge in [-0.05, 0) is 41.8 Å². The summed E-state index contributed by atoms with van der Waals surface area (Å²) in [5, 5.41) is 8.10. The second-order valence-corrected chi connectivity index (χ2v) is 8.00. The Hall–Kier alpha value is -4.80. The van der Waals surface area contributed by atoms with Gasteiger partial charge < -0.3 is 25.4 Å². The molecule has 36 heavy (non-hydrogen) atoms. The highest BCUT2D eigenvalue weighted by Crippen LogP contribution is 2.28. The lowest BCUT2D eigenvalue weighted by molar-refractivity contribution is -0.118. The lowest BCUT2D eigenvalue weighted by Crippen LogP contribution is -2.25. The molecule has 11 heteroatoms. The first-order valence-corrected chi connectivity index (χ1v) is 11.0. The van der Waals surface area contributed by atoms with Crippen LogP contribution in [0.2, 0.25) is 0 Å². The molecule has 0 saturated carbocycles. The molecular weight excluding hydrogens is 466 g/mol. The number of nitrogens with one attached hydrogen (secondary N) is 3. The summed E-state index contributed by atoms with van der Waals surface area (Å²) in [6, 6.07) is 11.6. The van der Waals surface area contributed by atoms with E-state index in [1.54, 1.807) is 43.3 Å². The van der Waals surface area contributed by atoms with Gasteiger partial charge in [0.2, 0.25) is 5.91 Å². The number of hydrogen-bond acceptors (Lipinski definition) is 8. The molecule has 0 aliphatic carbocycles. The van der Waals surface area contributed by atoms with Crippen molar-refractivity contribution < 1.29 is 28.7 Å². The van der Waals surface area contributed by atoms with E-state index < -0.39 is 11.9 Å². The lowest BCUT2D eigenvalue weighted by atomic mass is 10.1. The Labute approximate surface area is 206 Å². The average molecular weight is 489 g/mol. The van der Waals surface area contributed by atoms with E-state index in [0.29, 0.717) is 22.6 Å². The number of hydrogen-bond donors (Lipinski definition) is 3. The summed E-state index contributed by atoms with van der Waals surface area (Å²) in [6.07, 6.45) is 1.21. The minimum absolute atomic E-state index is 0.0234. The van der Waals surface area contributed by atoms with Gasteiger partial charge in [-0.2, -0.15) is 0 Å². The quantitative estimate of drug-likeness (QED) is 0.427. The number of benzene rings is 2. The van der Waals surface area contributed by atoms with Crippen LogP contribution in [-0.4, -0.2) is 47.4 Å². The maximum Gasteiger partial charge on any atom is 0.338 e. The van der Waals surface area contributed by atoms with E-state index in [9.17, 15) is 19.2 Å². The topological polar surface area (TPSA) is 149 Å². The van der Waals surface area contributed by atoms with Crippen LogP contribution in [0.15, 0.2) is 48.8 Å². The van der Waals surface area contributed by atoms with E-state index in [1.165, 1.54) is 19.5 Å². The van der Waals surface area contributed by atoms with Crippen molar-refractivity contribution in [1.29, 1.82) is 0 Å². The maximum absolute atomic E-state index is 12.6. The number of nitrogens with zero attached hydrogens (tertiary/aromatic N) is 2. The molecule has 0 spiro atoms. The summed E-state index contributed by atoms with van der Waals surface area (Å²) < 4.78 is 10.1. The highest BCUT2D eigenvalue weighted by atomic mass is 16.5. The fraction of sp³-hybridized carbons (Fsp3) is 0.200. The number of carbonyl (C=O) groups excluding carboxylic acids is 4. The molecule has 0 saturated heterocycles. The molecule has 0 bridgehead atoms. The predicted molar refractivity (Wildman–Crippen MR) is 129 cm³/mol. The maximum atomic E-state index is 12.6. The summed E-state index contributed by atoms with van der Waals surface area (Å²) in [4.78, 5) is 56.3. The minimum atomic E-state index is -0.451. The predicted octanol–water partition coefficient (Wildman–Crippen LogP) is 2.01. The van der Waals surface area contributed by atoms with Gasteiger partial charge in [-0.15, -0.1) is 0 Å². The summed E-state index contributed by atoms with van der Waals surface area (Å²) in [7, 11) is 1.32. The molecule has 3 aromatic rings. The van der Waals surface area contributed by atoms with E-state index in [-0.39, 0.29) is 42.9 Å². The number of ether oxygens (including phenoxy) is 2. The van der Waals surface area contributed by atoms with Crippen LogP contribution in [-0.2, 0) is 27.3 Å². The van der Waals surface area contributed by atoms with Gasteiger partial charge >= 0.3 is 5.97 Å². The Bertz CT molecular complexity index is 1360. The third-order valence-corrected chi connectivity index (χ3v) is 5.36. The molecule has 3 amide bonds. The first-order valence-electron chi connectivity index (χ1n) is 11.0. The van der Waals surface area contributed by atoms with Crippen molar-refractivity contribution in [2.24, 2.45) is 0 Å². The molecule has 0 unspecified atom stereocenters. The van der Waals surface area contributed by atoms with Gasteiger partial charge in [0.05, 0.1) is 24.8 Å². The fourth-order valence-electron chi connectivity index (χ4n) is 3.61. The number of rotatable bonds is 7. The van der Waals surface area contributed by atoms with Gasteiger partial charge in [0.1, 0.15) is 23.6 Å². The van der Waals surface area contributed by atoms with E-state index in [1.807, 2.05) is 0 Å². The highest BCUT2D eigenvalue weighted by molar-refractivity contribution is 5.97. The van der Waals surface area contributed by atoms with Crippen molar-refractivity contribution in [1.82, 2.24) is 15.3 Å². The van der Waals surface area contributed by atoms with E-state index >= 15 is 0 Å². The van der Waals surface area contributed by atoms with Crippen LogP contribution >= 0.6 is 0 Å². The molecule has 1 aliphatic heterocycles. The summed E-state index contributed by atoms with van der Waals surface area (Å²) in [5.41, 5.74) is 3.23. The molecule has 1 aromatic heterocycles. The molecule has 2 heterocycles. The van der Waals surface area contributed by atoms with Crippen molar-refractivity contribution in [3.05, 3.63) is 76.7 Å². The van der Waals surface area contributed by atoms with Gasteiger partial charge in [-0.1, -0.05) is 18.2 Å². The van der Waals surface area contributed by atoms with E-state index in [2.05, 4.69) is 25.9 Å². The molecule has 3 N–H and O–H groups in total. The van der Waals surface area contributed by atoms with Crippen LogP contribution in [0.4, 0.5) is 11.5 Å².